The Morgan fingerprint density at radius 2 is 2.12 bits per heavy atom. The number of esters is 1. The summed E-state index contributed by atoms with van der Waals surface area (Å²) in [4.78, 5) is 23.3. The zero-order chi connectivity index (χ0) is 13.1. The zero-order valence-electron chi connectivity index (χ0n) is 9.21. The van der Waals surface area contributed by atoms with Gasteiger partial charge in [0.15, 0.2) is 6.61 Å². The summed E-state index contributed by atoms with van der Waals surface area (Å²) in [6.45, 7) is 2.42. The number of amides is 1. The van der Waals surface area contributed by atoms with Crippen molar-refractivity contribution in [2.75, 3.05) is 26.2 Å². The van der Waals surface area contributed by atoms with Crippen molar-refractivity contribution < 1.29 is 27.5 Å². The van der Waals surface area contributed by atoms with Gasteiger partial charge in [-0.1, -0.05) is 0 Å². The molecule has 8 heteroatoms. The van der Waals surface area contributed by atoms with Crippen LogP contribution < -0.4 is 5.32 Å². The Morgan fingerprint density at radius 3 is 2.65 bits per heavy atom. The molecule has 1 rings (SSSR count). The molecule has 0 saturated carbocycles. The third-order valence-electron chi connectivity index (χ3n) is 2.38. The number of nitrogens with one attached hydrogen (secondary N) is 1. The van der Waals surface area contributed by atoms with Gasteiger partial charge in [0.05, 0.1) is 0 Å². The molecule has 1 fully saturated rings. The van der Waals surface area contributed by atoms with Crippen LogP contribution in [0.1, 0.15) is 6.92 Å². The predicted octanol–water partition coefficient (Wildman–Crippen LogP) is -0.0878. The van der Waals surface area contributed by atoms with Crippen LogP contribution in [0.25, 0.3) is 0 Å². The molecule has 1 heterocycles. The SMILES string of the molecule is CC1CNCCN1C(=O)COC(=O)C(F)(F)F. The lowest BCUT2D eigenvalue weighted by Gasteiger charge is -2.33. The standard InChI is InChI=1S/C9H13F3N2O3/c1-6-4-13-2-3-14(6)7(15)5-17-8(16)9(10,11)12/h6,13H,2-5H2,1H3. The Balaban J connectivity index is 2.41. The number of rotatable bonds is 2. The summed E-state index contributed by atoms with van der Waals surface area (Å²) in [6, 6.07) is -0.124. The number of nitrogens with zero attached hydrogens (tertiary/aromatic N) is 1. The van der Waals surface area contributed by atoms with Crippen LogP contribution in [0.15, 0.2) is 0 Å². The van der Waals surface area contributed by atoms with E-state index >= 15 is 0 Å². The Bertz CT molecular complexity index is 306. The highest BCUT2D eigenvalue weighted by Gasteiger charge is 2.41. The van der Waals surface area contributed by atoms with Gasteiger partial charge in [-0.2, -0.15) is 13.2 Å². The quantitative estimate of drug-likeness (QED) is 0.700. The number of piperazine rings is 1. The Labute approximate surface area is 95.9 Å². The van der Waals surface area contributed by atoms with Crippen molar-refractivity contribution in [3.8, 4) is 0 Å². The summed E-state index contributed by atoms with van der Waals surface area (Å²) in [7, 11) is 0. The minimum absolute atomic E-state index is 0.124. The molecule has 1 aliphatic heterocycles. The summed E-state index contributed by atoms with van der Waals surface area (Å²) < 4.78 is 39.3. The molecule has 0 aromatic carbocycles. The van der Waals surface area contributed by atoms with Crippen molar-refractivity contribution >= 4 is 11.9 Å². The predicted molar refractivity (Wildman–Crippen MR) is 51.1 cm³/mol. The summed E-state index contributed by atoms with van der Waals surface area (Å²) in [5, 5.41) is 3.03. The smallest absolute Gasteiger partial charge is 0.449 e. The number of hydrogen-bond donors (Lipinski definition) is 1. The van der Waals surface area contributed by atoms with E-state index in [0.717, 1.165) is 0 Å². The van der Waals surface area contributed by atoms with E-state index in [-0.39, 0.29) is 6.04 Å². The van der Waals surface area contributed by atoms with E-state index < -0.39 is 24.7 Å². The second-order valence-corrected chi connectivity index (χ2v) is 3.71. The second-order valence-electron chi connectivity index (χ2n) is 3.71. The number of carbonyl (C=O) groups is 2. The Hall–Kier alpha value is -1.31. The van der Waals surface area contributed by atoms with Gasteiger partial charge in [0.25, 0.3) is 5.91 Å². The van der Waals surface area contributed by atoms with E-state index in [4.69, 9.17) is 0 Å². The zero-order valence-corrected chi connectivity index (χ0v) is 9.21. The normalized spacial score (nSPS) is 21.2. The topological polar surface area (TPSA) is 58.6 Å². The highest BCUT2D eigenvalue weighted by Crippen LogP contribution is 2.16. The van der Waals surface area contributed by atoms with Crippen LogP contribution in [0, 0.1) is 0 Å². The molecule has 5 nitrogen and oxygen atoms in total. The molecule has 0 aromatic rings. The van der Waals surface area contributed by atoms with Crippen LogP contribution in [-0.2, 0) is 14.3 Å². The first-order chi connectivity index (χ1) is 7.82. The highest BCUT2D eigenvalue weighted by molar-refractivity contribution is 5.82. The molecule has 17 heavy (non-hydrogen) atoms. The van der Waals surface area contributed by atoms with E-state index in [1.807, 2.05) is 0 Å². The van der Waals surface area contributed by atoms with Gasteiger partial charge in [0, 0.05) is 25.7 Å². The van der Waals surface area contributed by atoms with Crippen molar-refractivity contribution in [1.29, 1.82) is 0 Å². The second kappa shape index (κ2) is 5.35. The van der Waals surface area contributed by atoms with Crippen LogP contribution >= 0.6 is 0 Å². The molecule has 0 bridgehead atoms. The van der Waals surface area contributed by atoms with Crippen LogP contribution in [-0.4, -0.2) is 55.2 Å². The average Bonchev–Trinajstić information content (AvgIpc) is 2.24. The number of hydrogen-bond acceptors (Lipinski definition) is 4. The summed E-state index contributed by atoms with van der Waals surface area (Å²) in [6.07, 6.45) is -5.06. The van der Waals surface area contributed by atoms with Crippen molar-refractivity contribution in [2.24, 2.45) is 0 Å². The first-order valence-electron chi connectivity index (χ1n) is 5.06. The fourth-order valence-corrected chi connectivity index (χ4v) is 1.50. The fraction of sp³-hybridized carbons (Fsp3) is 0.778. The van der Waals surface area contributed by atoms with Gasteiger partial charge in [0.1, 0.15) is 0 Å². The van der Waals surface area contributed by atoms with Gasteiger partial charge >= 0.3 is 12.1 Å². The van der Waals surface area contributed by atoms with Crippen LogP contribution in [0.5, 0.6) is 0 Å². The Morgan fingerprint density at radius 1 is 1.47 bits per heavy atom. The van der Waals surface area contributed by atoms with Gasteiger partial charge in [-0.15, -0.1) is 0 Å². The van der Waals surface area contributed by atoms with Crippen molar-refractivity contribution in [3.63, 3.8) is 0 Å². The van der Waals surface area contributed by atoms with Crippen molar-refractivity contribution in [3.05, 3.63) is 0 Å². The maximum Gasteiger partial charge on any atom is 0.490 e. The summed E-state index contributed by atoms with van der Waals surface area (Å²) in [5.41, 5.74) is 0. The molecule has 0 aliphatic carbocycles. The molecule has 1 amide bonds. The van der Waals surface area contributed by atoms with Crippen molar-refractivity contribution in [2.45, 2.75) is 19.1 Å². The number of ether oxygens (including phenoxy) is 1. The third kappa shape index (κ3) is 3.88. The molecule has 1 atom stereocenters. The number of alkyl halides is 3. The molecule has 98 valence electrons. The minimum Gasteiger partial charge on any atom is -0.449 e. The fourth-order valence-electron chi connectivity index (χ4n) is 1.50. The van der Waals surface area contributed by atoms with Crippen LogP contribution in [0.2, 0.25) is 0 Å². The van der Waals surface area contributed by atoms with Crippen LogP contribution in [0.3, 0.4) is 0 Å². The summed E-state index contributed by atoms with van der Waals surface area (Å²) >= 11 is 0. The molecule has 1 unspecified atom stereocenters. The number of halogens is 3. The van der Waals surface area contributed by atoms with E-state index in [9.17, 15) is 22.8 Å². The maximum absolute atomic E-state index is 11.8. The molecule has 0 aromatic heterocycles. The lowest BCUT2D eigenvalue weighted by Crippen LogP contribution is -2.53. The average molecular weight is 254 g/mol. The van der Waals surface area contributed by atoms with Gasteiger partial charge in [-0.05, 0) is 6.92 Å². The van der Waals surface area contributed by atoms with Crippen LogP contribution in [0.4, 0.5) is 13.2 Å². The number of carbonyl (C=O) groups excluding carboxylic acids is 2. The molecular weight excluding hydrogens is 241 g/mol. The van der Waals surface area contributed by atoms with E-state index in [2.05, 4.69) is 10.1 Å². The maximum atomic E-state index is 11.8. The molecule has 0 radical (unpaired) electrons. The largest absolute Gasteiger partial charge is 0.490 e. The highest BCUT2D eigenvalue weighted by atomic mass is 19.4. The van der Waals surface area contributed by atoms with Gasteiger partial charge in [0.2, 0.25) is 0 Å². The first kappa shape index (κ1) is 13.8. The van der Waals surface area contributed by atoms with Gasteiger partial charge in [-0.3, -0.25) is 4.79 Å². The molecular formula is C9H13F3N2O3. The third-order valence-corrected chi connectivity index (χ3v) is 2.38. The van der Waals surface area contributed by atoms with E-state index in [1.165, 1.54) is 4.90 Å². The summed E-state index contributed by atoms with van der Waals surface area (Å²) in [5.74, 6) is -2.95. The molecule has 1 aliphatic rings. The lowest BCUT2D eigenvalue weighted by molar-refractivity contribution is -0.200. The monoisotopic (exact) mass is 254 g/mol. The van der Waals surface area contributed by atoms with E-state index in [1.54, 1.807) is 6.92 Å². The lowest BCUT2D eigenvalue weighted by atomic mass is 10.2. The van der Waals surface area contributed by atoms with Crippen molar-refractivity contribution in [1.82, 2.24) is 10.2 Å². The Kier molecular flexibility index (Phi) is 4.33. The minimum atomic E-state index is -5.06. The van der Waals surface area contributed by atoms with Gasteiger partial charge < -0.3 is 15.0 Å². The molecule has 1 saturated heterocycles. The first-order valence-corrected chi connectivity index (χ1v) is 5.06. The van der Waals surface area contributed by atoms with E-state index in [0.29, 0.717) is 19.6 Å². The molecule has 1 N–H and O–H groups in total. The van der Waals surface area contributed by atoms with Gasteiger partial charge in [-0.25, -0.2) is 4.79 Å². The molecule has 0 spiro atoms.